The molecule has 1 aromatic heterocycles. The van der Waals surface area contributed by atoms with Crippen LogP contribution in [0.1, 0.15) is 46.8 Å². The Morgan fingerprint density at radius 1 is 1.17 bits per heavy atom. The third kappa shape index (κ3) is 5.11. The number of nitrogens with zero attached hydrogens (tertiary/aromatic N) is 2. The van der Waals surface area contributed by atoms with Crippen LogP contribution in [0.25, 0.3) is 0 Å². The van der Waals surface area contributed by atoms with Crippen molar-refractivity contribution in [2.24, 2.45) is 0 Å². The molecule has 3 aromatic rings. The van der Waals surface area contributed by atoms with Gasteiger partial charge >= 0.3 is 0 Å². The van der Waals surface area contributed by atoms with E-state index < -0.39 is 11.3 Å². The molecule has 0 aliphatic carbocycles. The molecular weight excluding hydrogens is 398 g/mol. The number of nitrogens with one attached hydrogen (secondary N) is 1. The van der Waals surface area contributed by atoms with Crippen molar-refractivity contribution >= 4 is 28.5 Å². The Bertz CT molecular complexity index is 1040. The summed E-state index contributed by atoms with van der Waals surface area (Å²) in [5.74, 6) is 0.0608. The summed E-state index contributed by atoms with van der Waals surface area (Å²) in [5, 5.41) is 2.84. The predicted molar refractivity (Wildman–Crippen MR) is 118 cm³/mol. The lowest BCUT2D eigenvalue weighted by atomic mass is 10.0. The Labute approximate surface area is 179 Å². The van der Waals surface area contributed by atoms with Crippen molar-refractivity contribution < 1.29 is 13.6 Å². The van der Waals surface area contributed by atoms with Gasteiger partial charge in [-0.3, -0.25) is 18.3 Å². The van der Waals surface area contributed by atoms with Crippen molar-refractivity contribution in [3.8, 4) is 0 Å². The highest BCUT2D eigenvalue weighted by Crippen LogP contribution is 2.31. The average molecular weight is 423 g/mol. The molecule has 0 aliphatic rings. The molecule has 7 heteroatoms. The SMILES string of the molecule is Cc1ccc(C(=O)NCc2cccnc2)cc1N(c1ccc(C(C)C)cc1)S(=O)[O-]. The van der Waals surface area contributed by atoms with Crippen molar-refractivity contribution in [1.82, 2.24) is 10.3 Å². The number of hydrogen-bond donors (Lipinski definition) is 1. The molecule has 30 heavy (non-hydrogen) atoms. The fraction of sp³-hybridized carbons (Fsp3) is 0.217. The molecule has 0 saturated heterocycles. The molecular formula is C23H24N3O3S-. The molecule has 156 valence electrons. The fourth-order valence-corrected chi connectivity index (χ4v) is 3.71. The van der Waals surface area contributed by atoms with E-state index in [-0.39, 0.29) is 5.91 Å². The molecule has 0 aliphatic heterocycles. The largest absolute Gasteiger partial charge is 0.755 e. The summed E-state index contributed by atoms with van der Waals surface area (Å²) in [7, 11) is 0. The first kappa shape index (κ1) is 21.7. The van der Waals surface area contributed by atoms with Crippen LogP contribution in [0, 0.1) is 6.92 Å². The second-order valence-corrected chi connectivity index (χ2v) is 8.10. The van der Waals surface area contributed by atoms with Crippen LogP contribution in [0.4, 0.5) is 11.4 Å². The lowest BCUT2D eigenvalue weighted by Gasteiger charge is -2.28. The summed E-state index contributed by atoms with van der Waals surface area (Å²) in [6.07, 6.45) is 3.35. The lowest BCUT2D eigenvalue weighted by Crippen LogP contribution is -2.24. The molecule has 0 bridgehead atoms. The van der Waals surface area contributed by atoms with Crippen LogP contribution in [-0.4, -0.2) is 19.7 Å². The second kappa shape index (κ2) is 9.65. The monoisotopic (exact) mass is 422 g/mol. The first-order valence-corrected chi connectivity index (χ1v) is 10.7. The number of benzene rings is 2. The summed E-state index contributed by atoms with van der Waals surface area (Å²) < 4.78 is 25.4. The third-order valence-corrected chi connectivity index (χ3v) is 5.51. The van der Waals surface area contributed by atoms with E-state index in [9.17, 15) is 13.6 Å². The van der Waals surface area contributed by atoms with E-state index in [1.165, 1.54) is 4.31 Å². The van der Waals surface area contributed by atoms with Gasteiger partial charge in [-0.1, -0.05) is 38.1 Å². The predicted octanol–water partition coefficient (Wildman–Crippen LogP) is 4.38. The number of anilines is 2. The second-order valence-electron chi connectivity index (χ2n) is 7.30. The summed E-state index contributed by atoms with van der Waals surface area (Å²) in [6, 6.07) is 16.1. The van der Waals surface area contributed by atoms with Crippen LogP contribution in [0.3, 0.4) is 0 Å². The van der Waals surface area contributed by atoms with E-state index >= 15 is 0 Å². The summed E-state index contributed by atoms with van der Waals surface area (Å²) in [5.41, 5.74) is 4.09. The number of carbonyl (C=O) groups excluding carboxylic acids is 1. The number of carbonyl (C=O) groups is 1. The highest BCUT2D eigenvalue weighted by Gasteiger charge is 2.16. The van der Waals surface area contributed by atoms with E-state index in [4.69, 9.17) is 0 Å². The normalized spacial score (nSPS) is 11.9. The highest BCUT2D eigenvalue weighted by molar-refractivity contribution is 7.81. The minimum Gasteiger partial charge on any atom is -0.755 e. The highest BCUT2D eigenvalue weighted by atomic mass is 32.2. The van der Waals surface area contributed by atoms with E-state index in [0.29, 0.717) is 29.4 Å². The van der Waals surface area contributed by atoms with Gasteiger partial charge in [-0.2, -0.15) is 0 Å². The van der Waals surface area contributed by atoms with Crippen LogP contribution in [0.15, 0.2) is 67.0 Å². The van der Waals surface area contributed by atoms with Gasteiger partial charge in [-0.15, -0.1) is 0 Å². The van der Waals surface area contributed by atoms with Gasteiger partial charge in [0, 0.05) is 24.5 Å². The molecule has 1 amide bonds. The summed E-state index contributed by atoms with van der Waals surface area (Å²) in [6.45, 7) is 6.31. The number of aromatic nitrogens is 1. The van der Waals surface area contributed by atoms with Crippen molar-refractivity contribution in [2.75, 3.05) is 4.31 Å². The topological polar surface area (TPSA) is 85.4 Å². The van der Waals surface area contributed by atoms with Gasteiger partial charge in [-0.05, 0) is 59.9 Å². The molecule has 0 spiro atoms. The molecule has 1 unspecified atom stereocenters. The molecule has 1 atom stereocenters. The van der Waals surface area contributed by atoms with Crippen LogP contribution in [0.5, 0.6) is 0 Å². The Kier molecular flexibility index (Phi) is 6.97. The summed E-state index contributed by atoms with van der Waals surface area (Å²) in [4.78, 5) is 16.7. The Hall–Kier alpha value is -3.03. The summed E-state index contributed by atoms with van der Waals surface area (Å²) >= 11 is -2.54. The van der Waals surface area contributed by atoms with Crippen LogP contribution < -0.4 is 9.62 Å². The number of hydrogen-bond acceptors (Lipinski definition) is 4. The van der Waals surface area contributed by atoms with Crippen LogP contribution >= 0.6 is 0 Å². The molecule has 1 heterocycles. The van der Waals surface area contributed by atoms with E-state index in [2.05, 4.69) is 24.1 Å². The van der Waals surface area contributed by atoms with Crippen molar-refractivity contribution in [1.29, 1.82) is 0 Å². The minimum atomic E-state index is -2.54. The van der Waals surface area contributed by atoms with Crippen molar-refractivity contribution in [3.63, 3.8) is 0 Å². The smallest absolute Gasteiger partial charge is 0.251 e. The molecule has 1 N–H and O–H groups in total. The molecule has 6 nitrogen and oxygen atoms in total. The van der Waals surface area contributed by atoms with Crippen molar-refractivity contribution in [3.05, 3.63) is 89.2 Å². The zero-order chi connectivity index (χ0) is 21.7. The number of aryl methyl sites for hydroxylation is 1. The first-order chi connectivity index (χ1) is 14.4. The van der Waals surface area contributed by atoms with E-state index in [0.717, 1.165) is 16.7 Å². The maximum Gasteiger partial charge on any atom is 0.251 e. The standard InChI is InChI=1S/C23H25N3O3S/c1-16(2)19-8-10-21(11-9-19)26(30(28)29)22-13-20(7-6-17(22)3)23(27)25-15-18-5-4-12-24-14-18/h4-14,16H,15H2,1-3H3,(H,25,27)(H,28,29)/p-1. The van der Waals surface area contributed by atoms with Crippen LogP contribution in [0.2, 0.25) is 0 Å². The van der Waals surface area contributed by atoms with Crippen molar-refractivity contribution in [2.45, 2.75) is 33.2 Å². The number of pyridine rings is 1. The Morgan fingerprint density at radius 3 is 2.50 bits per heavy atom. The maximum atomic E-state index is 12.6. The number of amides is 1. The van der Waals surface area contributed by atoms with Gasteiger partial charge < -0.3 is 9.87 Å². The first-order valence-electron chi connectivity index (χ1n) is 9.64. The maximum absolute atomic E-state index is 12.6. The number of rotatable bonds is 7. The lowest BCUT2D eigenvalue weighted by molar-refractivity contribution is 0.0951. The van der Waals surface area contributed by atoms with Gasteiger partial charge in [0.25, 0.3) is 5.91 Å². The molecule has 2 aromatic carbocycles. The van der Waals surface area contributed by atoms with E-state index in [1.54, 1.807) is 48.8 Å². The van der Waals surface area contributed by atoms with Gasteiger partial charge in [0.05, 0.1) is 22.6 Å². The zero-order valence-corrected chi connectivity index (χ0v) is 18.0. The van der Waals surface area contributed by atoms with Gasteiger partial charge in [-0.25, -0.2) is 0 Å². The van der Waals surface area contributed by atoms with Crippen LogP contribution in [-0.2, 0) is 17.8 Å². The third-order valence-electron chi connectivity index (χ3n) is 4.81. The van der Waals surface area contributed by atoms with E-state index in [1.807, 2.05) is 25.1 Å². The Morgan fingerprint density at radius 2 is 1.90 bits per heavy atom. The fourth-order valence-electron chi connectivity index (χ4n) is 3.06. The van der Waals surface area contributed by atoms with Gasteiger partial charge in [0.2, 0.25) is 0 Å². The van der Waals surface area contributed by atoms with Gasteiger partial charge in [0.1, 0.15) is 0 Å². The molecule has 0 saturated carbocycles. The average Bonchev–Trinajstić information content (AvgIpc) is 2.74. The molecule has 0 radical (unpaired) electrons. The quantitative estimate of drug-likeness (QED) is 0.573. The molecule has 0 fully saturated rings. The Balaban J connectivity index is 1.87. The molecule has 3 rings (SSSR count). The minimum absolute atomic E-state index is 0.285. The van der Waals surface area contributed by atoms with Gasteiger partial charge in [0.15, 0.2) is 0 Å². The zero-order valence-electron chi connectivity index (χ0n) is 17.2.